The summed E-state index contributed by atoms with van der Waals surface area (Å²) in [5.41, 5.74) is 0.874. The smallest absolute Gasteiger partial charge is 0.248 e. The van der Waals surface area contributed by atoms with E-state index in [0.717, 1.165) is 37.4 Å². The average molecular weight is 356 g/mol. The van der Waals surface area contributed by atoms with Crippen LogP contribution in [0.1, 0.15) is 37.3 Å². The third kappa shape index (κ3) is 3.47. The number of sulfonamides is 1. The van der Waals surface area contributed by atoms with Crippen LogP contribution in [0.25, 0.3) is 0 Å². The first-order valence-electron chi connectivity index (χ1n) is 8.24. The number of carbonyl (C=O) groups excluding carboxylic acids is 1. The second-order valence-corrected chi connectivity index (χ2v) is 8.32. The van der Waals surface area contributed by atoms with E-state index in [2.05, 4.69) is 4.98 Å². The average Bonchev–Trinajstić information content (AvgIpc) is 3.16. The Bertz CT molecular complexity index is 709. The summed E-state index contributed by atoms with van der Waals surface area (Å²) < 4.78 is 32.6. The first-order valence-corrected chi connectivity index (χ1v) is 10.1. The molecule has 0 aromatic carbocycles. The molecule has 2 aliphatic rings. The molecule has 0 spiro atoms. The largest absolute Gasteiger partial charge is 0.365 e. The van der Waals surface area contributed by atoms with E-state index < -0.39 is 10.0 Å². The number of amides is 1. The minimum Gasteiger partial charge on any atom is -0.365 e. The maximum atomic E-state index is 12.0. The molecule has 2 aliphatic heterocycles. The first kappa shape index (κ1) is 17.4. The van der Waals surface area contributed by atoms with E-state index in [9.17, 15) is 13.2 Å². The molecule has 1 fully saturated rings. The highest BCUT2D eigenvalue weighted by Crippen LogP contribution is 2.27. The zero-order chi connectivity index (χ0) is 17.3. The van der Waals surface area contributed by atoms with Gasteiger partial charge in [0, 0.05) is 26.2 Å². The molecule has 1 saturated heterocycles. The third-order valence-corrected chi connectivity index (χ3v) is 6.03. The molecule has 1 unspecified atom stereocenters. The number of fused-ring (bicyclic) bond motifs is 1. The van der Waals surface area contributed by atoms with Crippen LogP contribution in [0.4, 0.5) is 0 Å². The predicted molar refractivity (Wildman–Crippen MR) is 87.7 cm³/mol. The predicted octanol–water partition coefficient (Wildman–Crippen LogP) is 0.358. The lowest BCUT2D eigenvalue weighted by Gasteiger charge is -2.32. The van der Waals surface area contributed by atoms with E-state index in [1.54, 1.807) is 6.20 Å². The van der Waals surface area contributed by atoms with Gasteiger partial charge >= 0.3 is 0 Å². The standard InChI is InChI=1S/C15H24N4O4S/c1-12-15-16-9-13(18(15)7-8-19(12)24(2,21)22)10-23-11-14(20)17-5-3-4-6-17/h9,12H,3-8,10-11H2,1-2H3. The Morgan fingerprint density at radius 1 is 1.29 bits per heavy atom. The number of likely N-dealkylation sites (tertiary alicyclic amines) is 1. The zero-order valence-corrected chi connectivity index (χ0v) is 15.0. The van der Waals surface area contributed by atoms with Crippen molar-refractivity contribution in [2.45, 2.75) is 39.0 Å². The van der Waals surface area contributed by atoms with Crippen molar-refractivity contribution in [3.8, 4) is 0 Å². The van der Waals surface area contributed by atoms with Crippen LogP contribution >= 0.6 is 0 Å². The van der Waals surface area contributed by atoms with Crippen LogP contribution in [-0.4, -0.2) is 65.6 Å². The topological polar surface area (TPSA) is 84.7 Å². The number of ether oxygens (including phenoxy) is 1. The van der Waals surface area contributed by atoms with Gasteiger partial charge in [0.25, 0.3) is 0 Å². The van der Waals surface area contributed by atoms with Crippen molar-refractivity contribution in [2.75, 3.05) is 32.5 Å². The Kier molecular flexibility index (Phi) is 4.93. The first-order chi connectivity index (χ1) is 11.4. The normalized spacial score (nSPS) is 21.9. The van der Waals surface area contributed by atoms with Crippen LogP contribution in [0.15, 0.2) is 6.20 Å². The van der Waals surface area contributed by atoms with E-state index in [-0.39, 0.29) is 18.6 Å². The van der Waals surface area contributed by atoms with Crippen molar-refractivity contribution in [3.05, 3.63) is 17.7 Å². The fourth-order valence-corrected chi connectivity index (χ4v) is 4.49. The second-order valence-electron chi connectivity index (χ2n) is 6.39. The number of nitrogens with zero attached hydrogens (tertiary/aromatic N) is 4. The van der Waals surface area contributed by atoms with Gasteiger partial charge in [0.1, 0.15) is 12.4 Å². The molecular formula is C15H24N4O4S. The monoisotopic (exact) mass is 356 g/mol. The van der Waals surface area contributed by atoms with Gasteiger partial charge in [0.2, 0.25) is 15.9 Å². The summed E-state index contributed by atoms with van der Waals surface area (Å²) in [5, 5.41) is 0. The Morgan fingerprint density at radius 2 is 2.00 bits per heavy atom. The Labute approximate surface area is 142 Å². The van der Waals surface area contributed by atoms with Crippen LogP contribution in [0.2, 0.25) is 0 Å². The second kappa shape index (κ2) is 6.81. The highest BCUT2D eigenvalue weighted by atomic mass is 32.2. The van der Waals surface area contributed by atoms with E-state index in [1.165, 1.54) is 10.6 Å². The number of aromatic nitrogens is 2. The van der Waals surface area contributed by atoms with Gasteiger partial charge in [0.05, 0.1) is 30.8 Å². The van der Waals surface area contributed by atoms with Crippen LogP contribution in [0, 0.1) is 0 Å². The van der Waals surface area contributed by atoms with Crippen LogP contribution in [-0.2, 0) is 32.7 Å². The lowest BCUT2D eigenvalue weighted by atomic mass is 10.2. The molecule has 0 radical (unpaired) electrons. The van der Waals surface area contributed by atoms with Gasteiger partial charge in [-0.1, -0.05) is 0 Å². The summed E-state index contributed by atoms with van der Waals surface area (Å²) in [7, 11) is -3.25. The summed E-state index contributed by atoms with van der Waals surface area (Å²) in [6, 6.07) is -0.297. The van der Waals surface area contributed by atoms with Gasteiger partial charge in [-0.05, 0) is 19.8 Å². The molecule has 9 heteroatoms. The molecule has 1 aromatic rings. The Balaban J connectivity index is 1.60. The minimum atomic E-state index is -3.25. The molecule has 3 heterocycles. The fraction of sp³-hybridized carbons (Fsp3) is 0.733. The lowest BCUT2D eigenvalue weighted by Crippen LogP contribution is -2.41. The minimum absolute atomic E-state index is 0.0301. The highest BCUT2D eigenvalue weighted by molar-refractivity contribution is 7.88. The van der Waals surface area contributed by atoms with Gasteiger partial charge in [-0.3, -0.25) is 4.79 Å². The third-order valence-electron chi connectivity index (χ3n) is 4.68. The number of imidazole rings is 1. The fourth-order valence-electron chi connectivity index (χ4n) is 3.41. The van der Waals surface area contributed by atoms with Crippen LogP contribution in [0.3, 0.4) is 0 Å². The van der Waals surface area contributed by atoms with Gasteiger partial charge in [-0.15, -0.1) is 0 Å². The number of hydrogen-bond acceptors (Lipinski definition) is 5. The van der Waals surface area contributed by atoms with Crippen molar-refractivity contribution < 1.29 is 17.9 Å². The molecule has 1 aromatic heterocycles. The number of rotatable bonds is 5. The molecule has 0 bridgehead atoms. The van der Waals surface area contributed by atoms with E-state index >= 15 is 0 Å². The van der Waals surface area contributed by atoms with Crippen molar-refractivity contribution in [3.63, 3.8) is 0 Å². The summed E-state index contributed by atoms with van der Waals surface area (Å²) in [6.07, 6.45) is 5.06. The Hall–Kier alpha value is -1.45. The van der Waals surface area contributed by atoms with E-state index in [0.29, 0.717) is 19.7 Å². The lowest BCUT2D eigenvalue weighted by molar-refractivity contribution is -0.135. The summed E-state index contributed by atoms with van der Waals surface area (Å²) in [4.78, 5) is 18.2. The molecule has 1 amide bonds. The van der Waals surface area contributed by atoms with Crippen molar-refractivity contribution in [1.82, 2.24) is 18.8 Å². The SMILES string of the molecule is CC1c2ncc(COCC(=O)N3CCCC3)n2CCN1S(C)(=O)=O. The summed E-state index contributed by atoms with van der Waals surface area (Å²) in [6.45, 7) is 4.82. The molecule has 24 heavy (non-hydrogen) atoms. The Morgan fingerprint density at radius 3 is 2.67 bits per heavy atom. The maximum Gasteiger partial charge on any atom is 0.248 e. The van der Waals surface area contributed by atoms with Gasteiger partial charge < -0.3 is 14.2 Å². The molecule has 0 saturated carbocycles. The number of carbonyl (C=O) groups is 1. The van der Waals surface area contributed by atoms with Gasteiger partial charge in [-0.25, -0.2) is 13.4 Å². The van der Waals surface area contributed by atoms with Crippen molar-refractivity contribution >= 4 is 15.9 Å². The molecule has 0 N–H and O–H groups in total. The van der Waals surface area contributed by atoms with Gasteiger partial charge in [0.15, 0.2) is 0 Å². The highest BCUT2D eigenvalue weighted by Gasteiger charge is 2.32. The van der Waals surface area contributed by atoms with E-state index in [1.807, 2.05) is 16.4 Å². The molecule has 3 rings (SSSR count). The zero-order valence-electron chi connectivity index (χ0n) is 14.1. The van der Waals surface area contributed by atoms with E-state index in [4.69, 9.17) is 4.74 Å². The van der Waals surface area contributed by atoms with Crippen LogP contribution in [0.5, 0.6) is 0 Å². The maximum absolute atomic E-state index is 12.0. The molecule has 1 atom stereocenters. The van der Waals surface area contributed by atoms with Gasteiger partial charge in [-0.2, -0.15) is 4.31 Å². The number of hydrogen-bond donors (Lipinski definition) is 0. The molecular weight excluding hydrogens is 332 g/mol. The van der Waals surface area contributed by atoms with Crippen LogP contribution < -0.4 is 0 Å². The van der Waals surface area contributed by atoms with Crippen molar-refractivity contribution in [2.24, 2.45) is 0 Å². The summed E-state index contributed by atoms with van der Waals surface area (Å²) in [5.74, 6) is 0.749. The quantitative estimate of drug-likeness (QED) is 0.760. The molecule has 0 aliphatic carbocycles. The van der Waals surface area contributed by atoms with Crippen molar-refractivity contribution in [1.29, 1.82) is 0 Å². The summed E-state index contributed by atoms with van der Waals surface area (Å²) >= 11 is 0. The molecule has 8 nitrogen and oxygen atoms in total. The molecule has 134 valence electrons.